The number of hydrogen-bond donors (Lipinski definition) is 3. The van der Waals surface area contributed by atoms with Crippen LogP contribution in [-0.4, -0.2) is 49.9 Å². The number of rotatable bonds is 5. The number of nitrogens with zero attached hydrogens (tertiary/aromatic N) is 1. The molecule has 2 aliphatic rings. The Morgan fingerprint density at radius 2 is 1.97 bits per heavy atom. The summed E-state index contributed by atoms with van der Waals surface area (Å²) in [4.78, 5) is 2.43. The topological polar surface area (TPSA) is 95.7 Å². The first-order chi connectivity index (χ1) is 13.7. The van der Waals surface area contributed by atoms with E-state index in [-0.39, 0.29) is 17.2 Å². The van der Waals surface area contributed by atoms with Gasteiger partial charge < -0.3 is 15.3 Å². The number of aryl methyl sites for hydroxylation is 1. The number of phenols is 1. The minimum absolute atomic E-state index is 0.0480. The van der Waals surface area contributed by atoms with Crippen LogP contribution in [0.3, 0.4) is 0 Å². The molecule has 156 valence electrons. The van der Waals surface area contributed by atoms with Crippen LogP contribution in [-0.2, 0) is 28.3 Å². The lowest BCUT2D eigenvalue weighted by molar-refractivity contribution is 0.0958. The highest BCUT2D eigenvalue weighted by atomic mass is 32.2. The summed E-state index contributed by atoms with van der Waals surface area (Å²) < 4.78 is 22.4. The number of hydrogen-bond acceptors (Lipinski definition) is 5. The maximum Gasteiger partial charge on any atom is 0.209 e. The smallest absolute Gasteiger partial charge is 0.209 e. The van der Waals surface area contributed by atoms with Gasteiger partial charge in [0.25, 0.3) is 0 Å². The van der Waals surface area contributed by atoms with Crippen LogP contribution in [0.2, 0.25) is 0 Å². The van der Waals surface area contributed by atoms with E-state index in [0.717, 1.165) is 30.6 Å². The molecule has 2 aromatic carbocycles. The Morgan fingerprint density at radius 3 is 2.66 bits per heavy atom. The molecule has 2 aromatic rings. The molecular weight excluding hydrogens is 386 g/mol. The van der Waals surface area contributed by atoms with Crippen LogP contribution in [0, 0.1) is 0 Å². The summed E-state index contributed by atoms with van der Waals surface area (Å²) in [5.41, 5.74) is 4.45. The maximum absolute atomic E-state index is 11.2. The molecule has 29 heavy (non-hydrogen) atoms. The summed E-state index contributed by atoms with van der Waals surface area (Å²) in [5.74, 6) is 0.272. The van der Waals surface area contributed by atoms with Gasteiger partial charge in [-0.1, -0.05) is 25.1 Å². The van der Waals surface area contributed by atoms with Gasteiger partial charge in [-0.05, 0) is 73.8 Å². The SMILES string of the molecule is CN1CC[C@]2(C)c3cc(O)ccc3CC1[C@H]2Nc1ccc(CCS(N)(=O)=O)cc1. The van der Waals surface area contributed by atoms with Crippen molar-refractivity contribution in [3.63, 3.8) is 0 Å². The molecule has 1 unspecified atom stereocenters. The quantitative estimate of drug-likeness (QED) is 0.696. The predicted molar refractivity (Wildman–Crippen MR) is 116 cm³/mol. The van der Waals surface area contributed by atoms with E-state index in [0.29, 0.717) is 18.2 Å². The van der Waals surface area contributed by atoms with Crippen molar-refractivity contribution in [1.82, 2.24) is 4.90 Å². The lowest BCUT2D eigenvalue weighted by atomic mass is 9.61. The number of phenolic OH excluding ortho intramolecular Hbond substituents is 1. The van der Waals surface area contributed by atoms with Crippen LogP contribution in [0.1, 0.15) is 30.0 Å². The van der Waals surface area contributed by atoms with Gasteiger partial charge >= 0.3 is 0 Å². The van der Waals surface area contributed by atoms with Crippen LogP contribution in [0.5, 0.6) is 5.75 Å². The number of nitrogens with one attached hydrogen (secondary N) is 1. The lowest BCUT2D eigenvalue weighted by Crippen LogP contribution is -2.63. The van der Waals surface area contributed by atoms with Crippen LogP contribution < -0.4 is 10.5 Å². The fourth-order valence-corrected chi connectivity index (χ4v) is 5.47. The molecule has 6 nitrogen and oxygen atoms in total. The van der Waals surface area contributed by atoms with Crippen molar-refractivity contribution in [3.05, 3.63) is 59.2 Å². The van der Waals surface area contributed by atoms with Crippen LogP contribution >= 0.6 is 0 Å². The zero-order valence-electron chi connectivity index (χ0n) is 16.9. The van der Waals surface area contributed by atoms with Crippen LogP contribution in [0.25, 0.3) is 0 Å². The molecule has 0 aromatic heterocycles. The van der Waals surface area contributed by atoms with E-state index in [1.807, 2.05) is 30.3 Å². The largest absolute Gasteiger partial charge is 0.508 e. The summed E-state index contributed by atoms with van der Waals surface area (Å²) in [5, 5.41) is 18.9. The molecule has 3 atom stereocenters. The third-order valence-corrected chi connectivity index (χ3v) is 7.48. The van der Waals surface area contributed by atoms with Crippen LogP contribution in [0.15, 0.2) is 42.5 Å². The number of likely N-dealkylation sites (tertiary alicyclic amines) is 1. The second-order valence-corrected chi connectivity index (χ2v) is 10.4. The first kappa shape index (κ1) is 20.2. The Balaban J connectivity index is 1.59. The predicted octanol–water partition coefficient (Wildman–Crippen LogP) is 2.22. The molecule has 1 aliphatic carbocycles. The van der Waals surface area contributed by atoms with Crippen molar-refractivity contribution in [1.29, 1.82) is 0 Å². The van der Waals surface area contributed by atoms with Gasteiger partial charge in [-0.15, -0.1) is 0 Å². The third kappa shape index (κ3) is 3.99. The number of likely N-dealkylation sites (N-methyl/N-ethyl adjacent to an activating group) is 1. The molecule has 0 spiro atoms. The van der Waals surface area contributed by atoms with Gasteiger partial charge in [0.1, 0.15) is 5.75 Å². The number of benzene rings is 2. The molecule has 1 heterocycles. The average Bonchev–Trinajstić information content (AvgIpc) is 2.66. The van der Waals surface area contributed by atoms with Crippen molar-refractivity contribution < 1.29 is 13.5 Å². The Hall–Kier alpha value is -2.09. The van der Waals surface area contributed by atoms with Gasteiger partial charge in [-0.3, -0.25) is 0 Å². The summed E-state index contributed by atoms with van der Waals surface area (Å²) in [6, 6.07) is 14.3. The van der Waals surface area contributed by atoms with Gasteiger partial charge in [0.05, 0.1) is 11.8 Å². The van der Waals surface area contributed by atoms with E-state index >= 15 is 0 Å². The van der Waals surface area contributed by atoms with Crippen molar-refractivity contribution in [2.45, 2.75) is 43.7 Å². The van der Waals surface area contributed by atoms with E-state index in [1.54, 1.807) is 6.07 Å². The number of anilines is 1. The monoisotopic (exact) mass is 415 g/mol. The maximum atomic E-state index is 11.2. The van der Waals surface area contributed by atoms with E-state index in [1.165, 1.54) is 11.1 Å². The van der Waals surface area contributed by atoms with E-state index < -0.39 is 10.0 Å². The second-order valence-electron chi connectivity index (χ2n) is 8.70. The second kappa shape index (κ2) is 7.31. The number of primary sulfonamides is 1. The molecule has 2 bridgehead atoms. The molecule has 0 amide bonds. The Labute approximate surface area is 172 Å². The Kier molecular flexibility index (Phi) is 5.09. The first-order valence-electron chi connectivity index (χ1n) is 10.0. The van der Waals surface area contributed by atoms with Gasteiger partial charge in [-0.25, -0.2) is 13.6 Å². The average molecular weight is 416 g/mol. The summed E-state index contributed by atoms with van der Waals surface area (Å²) >= 11 is 0. The number of sulfonamides is 1. The standard InChI is InChI=1S/C22H29N3O3S/c1-22-10-11-25(2)20(13-16-5-8-18(26)14-19(16)22)21(22)24-17-6-3-15(4-7-17)9-12-29(23,27)28/h3-8,14,20-21,24,26H,9-13H2,1-2H3,(H2,23,27,28)/t20?,21-,22-/m1/s1. The highest BCUT2D eigenvalue weighted by molar-refractivity contribution is 7.89. The van der Waals surface area contributed by atoms with E-state index in [2.05, 4.69) is 30.3 Å². The molecule has 4 N–H and O–H groups in total. The molecule has 0 saturated carbocycles. The van der Waals surface area contributed by atoms with Crippen molar-refractivity contribution in [3.8, 4) is 5.75 Å². The number of fused-ring (bicyclic) bond motifs is 4. The van der Waals surface area contributed by atoms with Gasteiger partial charge in [0.15, 0.2) is 0 Å². The van der Waals surface area contributed by atoms with E-state index in [9.17, 15) is 13.5 Å². The van der Waals surface area contributed by atoms with E-state index in [4.69, 9.17) is 5.14 Å². The number of aromatic hydroxyl groups is 1. The van der Waals surface area contributed by atoms with Gasteiger partial charge in [-0.2, -0.15) is 0 Å². The highest BCUT2D eigenvalue weighted by Gasteiger charge is 2.50. The summed E-state index contributed by atoms with van der Waals surface area (Å²) in [6.45, 7) is 3.32. The molecular formula is C22H29N3O3S. The van der Waals surface area contributed by atoms with Gasteiger partial charge in [0.2, 0.25) is 10.0 Å². The third-order valence-electron chi connectivity index (χ3n) is 6.71. The molecule has 0 radical (unpaired) electrons. The number of piperidine rings is 1. The minimum Gasteiger partial charge on any atom is -0.508 e. The summed E-state index contributed by atoms with van der Waals surface area (Å²) in [6.07, 6.45) is 2.38. The molecule has 4 rings (SSSR count). The fraction of sp³-hybridized carbons (Fsp3) is 0.455. The molecule has 7 heteroatoms. The zero-order chi connectivity index (χ0) is 20.8. The number of nitrogens with two attached hydrogens (primary N) is 1. The molecule has 1 fully saturated rings. The first-order valence-corrected chi connectivity index (χ1v) is 11.8. The Morgan fingerprint density at radius 1 is 1.24 bits per heavy atom. The zero-order valence-corrected chi connectivity index (χ0v) is 17.7. The summed E-state index contributed by atoms with van der Waals surface area (Å²) in [7, 11) is -1.27. The highest BCUT2D eigenvalue weighted by Crippen LogP contribution is 2.46. The molecule has 1 aliphatic heterocycles. The fourth-order valence-electron chi connectivity index (χ4n) is 4.95. The normalized spacial score (nSPS) is 26.7. The minimum atomic E-state index is -3.45. The molecule has 1 saturated heterocycles. The van der Waals surface area contributed by atoms with Crippen LogP contribution in [0.4, 0.5) is 5.69 Å². The van der Waals surface area contributed by atoms with Gasteiger partial charge in [0, 0.05) is 17.1 Å². The van der Waals surface area contributed by atoms with Crippen molar-refractivity contribution in [2.24, 2.45) is 5.14 Å². The lowest BCUT2D eigenvalue weighted by Gasteiger charge is -2.55. The van der Waals surface area contributed by atoms with Crippen molar-refractivity contribution >= 4 is 15.7 Å². The Bertz CT molecular complexity index is 1010. The van der Waals surface area contributed by atoms with Crippen molar-refractivity contribution in [2.75, 3.05) is 24.7 Å².